The average molecular weight is 374 g/mol. The number of rotatable bonds is 7. The van der Waals surface area contributed by atoms with E-state index in [4.69, 9.17) is 16.3 Å². The molecular formula is C19H20ClN3O3. The number of nitrogens with zero attached hydrogens (tertiary/aromatic N) is 1. The maximum Gasteiger partial charge on any atom is 0.271 e. The third kappa shape index (κ3) is 6.22. The molecule has 0 aliphatic heterocycles. The summed E-state index contributed by atoms with van der Waals surface area (Å²) >= 11 is 5.78. The molecule has 2 amide bonds. The lowest BCUT2D eigenvalue weighted by Gasteiger charge is -2.07. The van der Waals surface area contributed by atoms with Crippen LogP contribution >= 0.6 is 11.6 Å². The van der Waals surface area contributed by atoms with Gasteiger partial charge in [-0.1, -0.05) is 23.7 Å². The number of benzene rings is 2. The van der Waals surface area contributed by atoms with E-state index in [1.807, 2.05) is 24.3 Å². The number of carbonyl (C=O) groups excluding carboxylic acids is 2. The van der Waals surface area contributed by atoms with Crippen molar-refractivity contribution in [3.05, 3.63) is 64.7 Å². The minimum atomic E-state index is -0.361. The monoisotopic (exact) mass is 373 g/mol. The Morgan fingerprint density at radius 1 is 1.08 bits per heavy atom. The SMILES string of the molecule is COc1ccc(CNC(=O)CC(C)=NNC(=O)c2ccc(Cl)cc2)cc1. The Kier molecular flexibility index (Phi) is 7.17. The molecular weight excluding hydrogens is 354 g/mol. The van der Waals surface area contributed by atoms with E-state index >= 15 is 0 Å². The summed E-state index contributed by atoms with van der Waals surface area (Å²) in [7, 11) is 1.60. The zero-order chi connectivity index (χ0) is 18.9. The van der Waals surface area contributed by atoms with Crippen molar-refractivity contribution < 1.29 is 14.3 Å². The number of methoxy groups -OCH3 is 1. The van der Waals surface area contributed by atoms with Crippen LogP contribution in [0.3, 0.4) is 0 Å². The average Bonchev–Trinajstić information content (AvgIpc) is 2.65. The summed E-state index contributed by atoms with van der Waals surface area (Å²) in [5.41, 5.74) is 4.32. The van der Waals surface area contributed by atoms with Crippen molar-refractivity contribution >= 4 is 29.1 Å². The van der Waals surface area contributed by atoms with Crippen LogP contribution in [0.15, 0.2) is 53.6 Å². The van der Waals surface area contributed by atoms with Crippen molar-refractivity contribution in [1.82, 2.24) is 10.7 Å². The number of hydrazone groups is 1. The minimum Gasteiger partial charge on any atom is -0.497 e. The molecule has 2 aromatic carbocycles. The molecule has 0 heterocycles. The van der Waals surface area contributed by atoms with E-state index in [0.717, 1.165) is 11.3 Å². The molecule has 0 atom stereocenters. The molecule has 7 heteroatoms. The van der Waals surface area contributed by atoms with Gasteiger partial charge in [-0.05, 0) is 48.9 Å². The van der Waals surface area contributed by atoms with Crippen LogP contribution in [-0.2, 0) is 11.3 Å². The number of amides is 2. The number of halogens is 1. The molecule has 0 radical (unpaired) electrons. The Morgan fingerprint density at radius 2 is 1.73 bits per heavy atom. The molecule has 0 fully saturated rings. The highest BCUT2D eigenvalue weighted by molar-refractivity contribution is 6.30. The number of ether oxygens (including phenoxy) is 1. The van der Waals surface area contributed by atoms with Gasteiger partial charge in [-0.3, -0.25) is 9.59 Å². The van der Waals surface area contributed by atoms with Gasteiger partial charge in [0.2, 0.25) is 5.91 Å². The molecule has 136 valence electrons. The highest BCUT2D eigenvalue weighted by Crippen LogP contribution is 2.11. The van der Waals surface area contributed by atoms with Gasteiger partial charge in [0, 0.05) is 22.8 Å². The molecule has 0 bridgehead atoms. The van der Waals surface area contributed by atoms with Crippen LogP contribution in [-0.4, -0.2) is 24.6 Å². The van der Waals surface area contributed by atoms with Crippen LogP contribution in [0, 0.1) is 0 Å². The van der Waals surface area contributed by atoms with Crippen LogP contribution in [0.2, 0.25) is 5.02 Å². The van der Waals surface area contributed by atoms with E-state index in [1.165, 1.54) is 0 Å². The Balaban J connectivity index is 1.78. The fraction of sp³-hybridized carbons (Fsp3) is 0.211. The van der Waals surface area contributed by atoms with Gasteiger partial charge in [-0.2, -0.15) is 5.10 Å². The Labute approximate surface area is 157 Å². The van der Waals surface area contributed by atoms with Crippen LogP contribution < -0.4 is 15.5 Å². The summed E-state index contributed by atoms with van der Waals surface area (Å²) in [4.78, 5) is 23.9. The molecule has 2 N–H and O–H groups in total. The van der Waals surface area contributed by atoms with E-state index in [0.29, 0.717) is 22.8 Å². The number of carbonyl (C=O) groups is 2. The van der Waals surface area contributed by atoms with Gasteiger partial charge in [0.15, 0.2) is 0 Å². The van der Waals surface area contributed by atoms with Crippen molar-refractivity contribution in [2.75, 3.05) is 7.11 Å². The van der Waals surface area contributed by atoms with Gasteiger partial charge in [0.05, 0.1) is 13.5 Å². The maximum atomic E-state index is 12.0. The molecule has 0 unspecified atom stereocenters. The molecule has 0 saturated carbocycles. The van der Waals surface area contributed by atoms with Crippen molar-refractivity contribution in [2.24, 2.45) is 5.10 Å². The zero-order valence-corrected chi connectivity index (χ0v) is 15.3. The summed E-state index contributed by atoms with van der Waals surface area (Å²) in [5, 5.41) is 7.30. The third-order valence-electron chi connectivity index (χ3n) is 3.52. The van der Waals surface area contributed by atoms with Crippen LogP contribution in [0.5, 0.6) is 5.75 Å². The largest absolute Gasteiger partial charge is 0.497 e. The fourth-order valence-electron chi connectivity index (χ4n) is 2.09. The van der Waals surface area contributed by atoms with Gasteiger partial charge in [-0.15, -0.1) is 0 Å². The van der Waals surface area contributed by atoms with E-state index in [2.05, 4.69) is 15.8 Å². The molecule has 0 aromatic heterocycles. The number of hydrogen-bond donors (Lipinski definition) is 2. The molecule has 0 saturated heterocycles. The number of nitrogens with one attached hydrogen (secondary N) is 2. The Morgan fingerprint density at radius 3 is 2.35 bits per heavy atom. The second-order valence-corrected chi connectivity index (χ2v) is 6.03. The molecule has 6 nitrogen and oxygen atoms in total. The van der Waals surface area contributed by atoms with Crippen LogP contribution in [0.4, 0.5) is 0 Å². The first-order valence-corrected chi connectivity index (χ1v) is 8.34. The third-order valence-corrected chi connectivity index (χ3v) is 3.77. The molecule has 0 aliphatic rings. The number of hydrogen-bond acceptors (Lipinski definition) is 4. The van der Waals surface area contributed by atoms with Gasteiger partial charge in [0.25, 0.3) is 5.91 Å². The predicted octanol–water partition coefficient (Wildman–Crippen LogP) is 3.16. The molecule has 26 heavy (non-hydrogen) atoms. The summed E-state index contributed by atoms with van der Waals surface area (Å²) < 4.78 is 5.09. The van der Waals surface area contributed by atoms with Crippen LogP contribution in [0.1, 0.15) is 29.3 Å². The predicted molar refractivity (Wildman–Crippen MR) is 101 cm³/mol. The van der Waals surface area contributed by atoms with E-state index < -0.39 is 0 Å². The zero-order valence-electron chi connectivity index (χ0n) is 14.6. The van der Waals surface area contributed by atoms with Crippen molar-refractivity contribution in [2.45, 2.75) is 19.9 Å². The molecule has 2 rings (SSSR count). The second-order valence-electron chi connectivity index (χ2n) is 5.60. The van der Waals surface area contributed by atoms with Gasteiger partial charge >= 0.3 is 0 Å². The smallest absolute Gasteiger partial charge is 0.271 e. The highest BCUT2D eigenvalue weighted by Gasteiger charge is 2.07. The second kappa shape index (κ2) is 9.58. The standard InChI is InChI=1S/C19H20ClN3O3/c1-13(22-23-19(25)15-5-7-16(20)8-6-15)11-18(24)21-12-14-3-9-17(26-2)10-4-14/h3-10H,11-12H2,1-2H3,(H,21,24)(H,23,25). The van der Waals surface area contributed by atoms with Gasteiger partial charge in [0.1, 0.15) is 5.75 Å². The lowest BCUT2D eigenvalue weighted by Crippen LogP contribution is -2.26. The topological polar surface area (TPSA) is 79.8 Å². The van der Waals surface area contributed by atoms with Crippen LogP contribution in [0.25, 0.3) is 0 Å². The van der Waals surface area contributed by atoms with Gasteiger partial charge < -0.3 is 10.1 Å². The van der Waals surface area contributed by atoms with Crippen molar-refractivity contribution in [1.29, 1.82) is 0 Å². The Bertz CT molecular complexity index is 787. The lowest BCUT2D eigenvalue weighted by atomic mass is 10.2. The summed E-state index contributed by atoms with van der Waals surface area (Å²) in [6.07, 6.45) is 0.0943. The van der Waals surface area contributed by atoms with E-state index in [1.54, 1.807) is 38.3 Å². The normalized spacial score (nSPS) is 11.0. The molecule has 0 aliphatic carbocycles. The minimum absolute atomic E-state index is 0.0943. The van der Waals surface area contributed by atoms with E-state index in [-0.39, 0.29) is 18.2 Å². The fourth-order valence-corrected chi connectivity index (χ4v) is 2.22. The quantitative estimate of drug-likeness (QED) is 0.578. The first-order chi connectivity index (χ1) is 12.5. The first kappa shape index (κ1) is 19.5. The first-order valence-electron chi connectivity index (χ1n) is 7.96. The lowest BCUT2D eigenvalue weighted by molar-refractivity contribution is -0.120. The maximum absolute atomic E-state index is 12.0. The summed E-state index contributed by atoms with van der Waals surface area (Å²) in [5.74, 6) is 0.224. The highest BCUT2D eigenvalue weighted by atomic mass is 35.5. The molecule has 0 spiro atoms. The van der Waals surface area contributed by atoms with Crippen molar-refractivity contribution in [3.8, 4) is 5.75 Å². The van der Waals surface area contributed by atoms with Crippen molar-refractivity contribution in [3.63, 3.8) is 0 Å². The summed E-state index contributed by atoms with van der Waals surface area (Å²) in [6, 6.07) is 13.9. The summed E-state index contributed by atoms with van der Waals surface area (Å²) in [6.45, 7) is 2.09. The molecule has 2 aromatic rings. The van der Waals surface area contributed by atoms with E-state index in [9.17, 15) is 9.59 Å². The Hall–Kier alpha value is -2.86. The van der Waals surface area contributed by atoms with Gasteiger partial charge in [-0.25, -0.2) is 5.43 Å².